The average molecular weight is 263 g/mol. The smallest absolute Gasteiger partial charge is 0.213 e. The molecule has 0 spiro atoms. The number of nitrogens with zero attached hydrogens (tertiary/aromatic N) is 1. The van der Waals surface area contributed by atoms with E-state index in [1.54, 1.807) is 0 Å². The number of rotatable bonds is 4. The third kappa shape index (κ3) is 3.69. The third-order valence-electron chi connectivity index (χ3n) is 4.18. The molecule has 0 amide bonds. The second kappa shape index (κ2) is 6.38. The van der Waals surface area contributed by atoms with Crippen LogP contribution in [0, 0.1) is 17.8 Å². The van der Waals surface area contributed by atoms with Crippen LogP contribution < -0.4 is 4.74 Å². The van der Waals surface area contributed by atoms with Gasteiger partial charge in [-0.2, -0.15) is 0 Å². The minimum atomic E-state index is -0.0358. The molecule has 3 nitrogen and oxygen atoms in total. The summed E-state index contributed by atoms with van der Waals surface area (Å²) < 4.78 is 6.12. The molecule has 1 fully saturated rings. The van der Waals surface area contributed by atoms with Crippen molar-refractivity contribution in [1.82, 2.24) is 4.98 Å². The minimum absolute atomic E-state index is 0.0358. The standard InChI is InChI=1S/C16H25NO2/c1-11(2)14-8-7-12(3)9-15(14)19-16-6-4-5-13(10-18)17-16/h4-6,11-12,14-15,18H,7-10H2,1-3H3. The second-order valence-corrected chi connectivity index (χ2v) is 6.11. The van der Waals surface area contributed by atoms with E-state index < -0.39 is 0 Å². The van der Waals surface area contributed by atoms with E-state index in [0.29, 0.717) is 23.4 Å². The molecule has 19 heavy (non-hydrogen) atoms. The van der Waals surface area contributed by atoms with Crippen LogP contribution in [-0.4, -0.2) is 16.2 Å². The number of aliphatic hydroxyl groups is 1. The molecule has 1 aromatic heterocycles. The van der Waals surface area contributed by atoms with Crippen molar-refractivity contribution in [2.75, 3.05) is 0 Å². The van der Waals surface area contributed by atoms with Gasteiger partial charge in [-0.25, -0.2) is 4.98 Å². The number of pyridine rings is 1. The average Bonchev–Trinajstić information content (AvgIpc) is 2.38. The Hall–Kier alpha value is -1.09. The molecule has 0 aromatic carbocycles. The zero-order chi connectivity index (χ0) is 13.8. The molecule has 1 aliphatic rings. The highest BCUT2D eigenvalue weighted by molar-refractivity contribution is 5.15. The summed E-state index contributed by atoms with van der Waals surface area (Å²) in [6.07, 6.45) is 3.90. The molecule has 3 atom stereocenters. The number of ether oxygens (including phenoxy) is 1. The first kappa shape index (κ1) is 14.3. The highest BCUT2D eigenvalue weighted by Crippen LogP contribution is 2.35. The molecule has 1 aliphatic carbocycles. The van der Waals surface area contributed by atoms with Gasteiger partial charge in [0, 0.05) is 6.07 Å². The van der Waals surface area contributed by atoms with Crippen LogP contribution in [0.1, 0.15) is 45.7 Å². The number of aromatic nitrogens is 1. The summed E-state index contributed by atoms with van der Waals surface area (Å²) in [6, 6.07) is 5.59. The van der Waals surface area contributed by atoms with Crippen molar-refractivity contribution in [3.63, 3.8) is 0 Å². The fourth-order valence-electron chi connectivity index (χ4n) is 3.02. The monoisotopic (exact) mass is 263 g/mol. The molecule has 2 rings (SSSR count). The van der Waals surface area contributed by atoms with E-state index in [-0.39, 0.29) is 12.7 Å². The Bertz CT molecular complexity index is 405. The molecule has 0 bridgehead atoms. The number of hydrogen-bond donors (Lipinski definition) is 1. The molecule has 1 heterocycles. The van der Waals surface area contributed by atoms with Crippen LogP contribution in [0.2, 0.25) is 0 Å². The van der Waals surface area contributed by atoms with Crippen molar-refractivity contribution in [2.24, 2.45) is 17.8 Å². The van der Waals surface area contributed by atoms with Crippen molar-refractivity contribution in [3.05, 3.63) is 23.9 Å². The van der Waals surface area contributed by atoms with E-state index >= 15 is 0 Å². The van der Waals surface area contributed by atoms with Crippen molar-refractivity contribution in [2.45, 2.75) is 52.7 Å². The summed E-state index contributed by atoms with van der Waals surface area (Å²) in [5, 5.41) is 9.13. The van der Waals surface area contributed by atoms with Crippen LogP contribution in [0.15, 0.2) is 18.2 Å². The quantitative estimate of drug-likeness (QED) is 0.905. The molecule has 1 saturated carbocycles. The van der Waals surface area contributed by atoms with E-state index in [1.807, 2.05) is 18.2 Å². The maximum atomic E-state index is 9.13. The predicted octanol–water partition coefficient (Wildman–Crippen LogP) is 3.41. The Morgan fingerprint density at radius 2 is 2.16 bits per heavy atom. The highest BCUT2D eigenvalue weighted by Gasteiger charge is 2.32. The van der Waals surface area contributed by atoms with Gasteiger partial charge in [0.05, 0.1) is 12.3 Å². The topological polar surface area (TPSA) is 42.4 Å². The molecule has 0 saturated heterocycles. The van der Waals surface area contributed by atoms with E-state index in [0.717, 1.165) is 12.3 Å². The maximum Gasteiger partial charge on any atom is 0.213 e. The van der Waals surface area contributed by atoms with Crippen LogP contribution in [0.25, 0.3) is 0 Å². The molecular formula is C16H25NO2. The van der Waals surface area contributed by atoms with Gasteiger partial charge in [-0.15, -0.1) is 0 Å². The van der Waals surface area contributed by atoms with E-state index in [2.05, 4.69) is 25.8 Å². The summed E-state index contributed by atoms with van der Waals surface area (Å²) >= 11 is 0. The van der Waals surface area contributed by atoms with Gasteiger partial charge in [0.15, 0.2) is 0 Å². The van der Waals surface area contributed by atoms with Crippen LogP contribution >= 0.6 is 0 Å². The lowest BCUT2D eigenvalue weighted by molar-refractivity contribution is 0.0423. The molecule has 1 N–H and O–H groups in total. The van der Waals surface area contributed by atoms with Gasteiger partial charge in [-0.1, -0.05) is 33.3 Å². The van der Waals surface area contributed by atoms with Crippen LogP contribution in [-0.2, 0) is 6.61 Å². The molecule has 3 unspecified atom stereocenters. The molecule has 1 aromatic rings. The Morgan fingerprint density at radius 3 is 2.84 bits per heavy atom. The summed E-state index contributed by atoms with van der Waals surface area (Å²) in [6.45, 7) is 6.81. The van der Waals surface area contributed by atoms with Crippen molar-refractivity contribution >= 4 is 0 Å². The summed E-state index contributed by atoms with van der Waals surface area (Å²) in [7, 11) is 0. The Morgan fingerprint density at radius 1 is 1.37 bits per heavy atom. The largest absolute Gasteiger partial charge is 0.474 e. The summed E-state index contributed by atoms with van der Waals surface area (Å²) in [5.74, 6) is 2.62. The fourth-order valence-corrected chi connectivity index (χ4v) is 3.02. The van der Waals surface area contributed by atoms with E-state index in [1.165, 1.54) is 12.8 Å². The van der Waals surface area contributed by atoms with Crippen molar-refractivity contribution in [1.29, 1.82) is 0 Å². The zero-order valence-corrected chi connectivity index (χ0v) is 12.2. The first-order valence-electron chi connectivity index (χ1n) is 7.33. The molecule has 106 valence electrons. The van der Waals surface area contributed by atoms with E-state index in [9.17, 15) is 0 Å². The van der Waals surface area contributed by atoms with Crippen LogP contribution in [0.5, 0.6) is 5.88 Å². The van der Waals surface area contributed by atoms with Gasteiger partial charge in [0.25, 0.3) is 0 Å². The van der Waals surface area contributed by atoms with E-state index in [4.69, 9.17) is 9.84 Å². The molecular weight excluding hydrogens is 238 g/mol. The van der Waals surface area contributed by atoms with Gasteiger partial charge in [0.2, 0.25) is 5.88 Å². The maximum absolute atomic E-state index is 9.13. The van der Waals surface area contributed by atoms with Gasteiger partial charge in [-0.05, 0) is 36.7 Å². The normalized spacial score (nSPS) is 27.5. The second-order valence-electron chi connectivity index (χ2n) is 6.11. The van der Waals surface area contributed by atoms with Crippen molar-refractivity contribution < 1.29 is 9.84 Å². The van der Waals surface area contributed by atoms with Crippen LogP contribution in [0.3, 0.4) is 0 Å². The van der Waals surface area contributed by atoms with Gasteiger partial charge in [0.1, 0.15) is 6.10 Å². The first-order valence-corrected chi connectivity index (χ1v) is 7.33. The lowest BCUT2D eigenvalue weighted by Gasteiger charge is -2.37. The lowest BCUT2D eigenvalue weighted by atomic mass is 9.75. The van der Waals surface area contributed by atoms with Crippen molar-refractivity contribution in [3.8, 4) is 5.88 Å². The Kier molecular flexibility index (Phi) is 4.81. The fraction of sp³-hybridized carbons (Fsp3) is 0.688. The van der Waals surface area contributed by atoms with Gasteiger partial charge in [-0.3, -0.25) is 0 Å². The predicted molar refractivity (Wildman–Crippen MR) is 75.9 cm³/mol. The Balaban J connectivity index is 2.09. The molecule has 0 radical (unpaired) electrons. The Labute approximate surface area is 116 Å². The number of aliphatic hydroxyl groups excluding tert-OH is 1. The SMILES string of the molecule is CC1CCC(C(C)C)C(Oc2cccc(CO)n2)C1. The van der Waals surface area contributed by atoms with Gasteiger partial charge < -0.3 is 9.84 Å². The molecule has 3 heteroatoms. The highest BCUT2D eigenvalue weighted by atomic mass is 16.5. The first-order chi connectivity index (χ1) is 9.10. The third-order valence-corrected chi connectivity index (χ3v) is 4.18. The summed E-state index contributed by atoms with van der Waals surface area (Å²) in [4.78, 5) is 4.33. The lowest BCUT2D eigenvalue weighted by Crippen LogP contribution is -2.36. The zero-order valence-electron chi connectivity index (χ0n) is 12.2. The minimum Gasteiger partial charge on any atom is -0.474 e. The van der Waals surface area contributed by atoms with Crippen LogP contribution in [0.4, 0.5) is 0 Å². The summed E-state index contributed by atoms with van der Waals surface area (Å²) in [5.41, 5.74) is 0.669. The molecule has 0 aliphatic heterocycles. The number of hydrogen-bond acceptors (Lipinski definition) is 3. The van der Waals surface area contributed by atoms with Gasteiger partial charge >= 0.3 is 0 Å².